The van der Waals surface area contributed by atoms with Crippen LogP contribution in [0.3, 0.4) is 0 Å². The number of likely N-dealkylation sites (tertiary alicyclic amines) is 1. The first kappa shape index (κ1) is 22.6. The third-order valence-electron chi connectivity index (χ3n) is 7.68. The summed E-state index contributed by atoms with van der Waals surface area (Å²) in [7, 11) is 0. The molecule has 1 saturated carbocycles. The van der Waals surface area contributed by atoms with Crippen molar-refractivity contribution >= 4 is 11.9 Å². The number of anilines is 1. The summed E-state index contributed by atoms with van der Waals surface area (Å²) in [6, 6.07) is 7.78. The van der Waals surface area contributed by atoms with Crippen molar-refractivity contribution in [2.75, 3.05) is 37.7 Å². The number of nitrogens with zero attached hydrogens (tertiary/aromatic N) is 5. The zero-order chi connectivity index (χ0) is 23.5. The highest BCUT2D eigenvalue weighted by atomic mass is 16.5. The van der Waals surface area contributed by atoms with Crippen molar-refractivity contribution in [2.45, 2.75) is 45.4 Å². The number of hydrogen-bond acceptors (Lipinski definition) is 6. The lowest BCUT2D eigenvalue weighted by Gasteiger charge is -2.32. The van der Waals surface area contributed by atoms with Gasteiger partial charge < -0.3 is 14.5 Å². The number of aryl methyl sites for hydroxylation is 1. The molecule has 1 amide bonds. The van der Waals surface area contributed by atoms with Crippen LogP contribution in [-0.4, -0.2) is 53.6 Å². The highest BCUT2D eigenvalue weighted by Gasteiger charge is 2.43. The zero-order valence-corrected chi connectivity index (χ0v) is 19.9. The van der Waals surface area contributed by atoms with E-state index in [4.69, 9.17) is 4.74 Å². The summed E-state index contributed by atoms with van der Waals surface area (Å²) >= 11 is 0. The van der Waals surface area contributed by atoms with Gasteiger partial charge in [-0.3, -0.25) is 4.79 Å². The second-order valence-corrected chi connectivity index (χ2v) is 10.0. The second kappa shape index (κ2) is 10.0. The maximum absolute atomic E-state index is 12.2. The lowest BCUT2D eigenvalue weighted by molar-refractivity contribution is -0.133. The van der Waals surface area contributed by atoms with Gasteiger partial charge in [-0.1, -0.05) is 6.07 Å². The summed E-state index contributed by atoms with van der Waals surface area (Å²) in [5, 5.41) is 9.53. The molecule has 7 heteroatoms. The van der Waals surface area contributed by atoms with Crippen molar-refractivity contribution in [3.63, 3.8) is 0 Å². The molecule has 1 aliphatic carbocycles. The SMILES string of the molecule is Cc1cnc(N2CCC([C@H]3C[C@H]3CCOc3ccc(CC(=O)N4CCC4)c(C#N)c3)CC2)nc1. The molecule has 0 unspecified atom stereocenters. The first-order valence-electron chi connectivity index (χ1n) is 12.6. The summed E-state index contributed by atoms with van der Waals surface area (Å²) in [4.78, 5) is 25.4. The van der Waals surface area contributed by atoms with E-state index in [0.717, 1.165) is 79.6 Å². The minimum atomic E-state index is 0.105. The largest absolute Gasteiger partial charge is 0.494 e. The number of ether oxygens (including phenoxy) is 1. The molecule has 0 radical (unpaired) electrons. The number of aromatic nitrogens is 2. The van der Waals surface area contributed by atoms with Gasteiger partial charge >= 0.3 is 0 Å². The Morgan fingerprint density at radius 3 is 2.62 bits per heavy atom. The minimum absolute atomic E-state index is 0.105. The smallest absolute Gasteiger partial charge is 0.227 e. The van der Waals surface area contributed by atoms with E-state index in [1.807, 2.05) is 36.4 Å². The van der Waals surface area contributed by atoms with Crippen LogP contribution in [0.15, 0.2) is 30.6 Å². The third kappa shape index (κ3) is 5.16. The Labute approximate surface area is 201 Å². The fourth-order valence-electron chi connectivity index (χ4n) is 5.33. The summed E-state index contributed by atoms with van der Waals surface area (Å²) in [6.07, 6.45) is 9.94. The molecule has 2 atom stereocenters. The van der Waals surface area contributed by atoms with Crippen LogP contribution in [0.5, 0.6) is 5.75 Å². The normalized spacial score (nSPS) is 22.1. The molecule has 0 bridgehead atoms. The summed E-state index contributed by atoms with van der Waals surface area (Å²) in [6.45, 7) is 6.44. The van der Waals surface area contributed by atoms with E-state index in [9.17, 15) is 10.1 Å². The topological polar surface area (TPSA) is 82.4 Å². The maximum Gasteiger partial charge on any atom is 0.227 e. The molecule has 0 N–H and O–H groups in total. The number of rotatable bonds is 8. The Kier molecular flexibility index (Phi) is 6.66. The predicted octanol–water partition coefficient (Wildman–Crippen LogP) is 3.75. The van der Waals surface area contributed by atoms with Crippen LogP contribution in [0, 0.1) is 36.0 Å². The van der Waals surface area contributed by atoms with Crippen LogP contribution in [-0.2, 0) is 11.2 Å². The highest BCUT2D eigenvalue weighted by Crippen LogP contribution is 2.49. The Morgan fingerprint density at radius 1 is 1.18 bits per heavy atom. The molecule has 3 fully saturated rings. The van der Waals surface area contributed by atoms with Gasteiger partial charge in [-0.25, -0.2) is 9.97 Å². The quantitative estimate of drug-likeness (QED) is 0.598. The standard InChI is InChI=1S/C27H33N5O2/c1-19-17-29-27(30-18-19)32-10-5-20(6-11-32)25-14-22(25)7-12-34-24-4-3-21(23(13-24)16-28)15-26(33)31-8-2-9-31/h3-4,13,17-18,20,22,25H,2,5-12,14-15H2,1H3/t22-,25-/m1/s1. The van der Waals surface area contributed by atoms with Crippen molar-refractivity contribution in [1.29, 1.82) is 5.26 Å². The fraction of sp³-hybridized carbons (Fsp3) is 0.556. The van der Waals surface area contributed by atoms with Gasteiger partial charge in [-0.2, -0.15) is 5.26 Å². The van der Waals surface area contributed by atoms with Crippen LogP contribution in [0.1, 0.15) is 48.8 Å². The van der Waals surface area contributed by atoms with E-state index in [-0.39, 0.29) is 5.91 Å². The fourth-order valence-corrected chi connectivity index (χ4v) is 5.33. The number of hydrogen-bond donors (Lipinski definition) is 0. The number of amides is 1. The Morgan fingerprint density at radius 2 is 1.94 bits per heavy atom. The number of carbonyl (C=O) groups excluding carboxylic acids is 1. The van der Waals surface area contributed by atoms with Gasteiger partial charge in [0, 0.05) is 38.6 Å². The number of nitriles is 1. The van der Waals surface area contributed by atoms with Gasteiger partial charge in [0.05, 0.1) is 24.7 Å². The zero-order valence-electron chi connectivity index (χ0n) is 19.9. The van der Waals surface area contributed by atoms with E-state index < -0.39 is 0 Å². The Balaban J connectivity index is 1.04. The molecule has 5 rings (SSSR count). The van der Waals surface area contributed by atoms with Crippen molar-refractivity contribution in [3.8, 4) is 11.8 Å². The molecule has 2 aliphatic heterocycles. The second-order valence-electron chi connectivity index (χ2n) is 10.0. The van der Waals surface area contributed by atoms with Crippen LogP contribution < -0.4 is 9.64 Å². The van der Waals surface area contributed by atoms with Gasteiger partial charge in [0.25, 0.3) is 0 Å². The molecule has 0 spiro atoms. The molecule has 3 aliphatic rings. The number of carbonyl (C=O) groups is 1. The van der Waals surface area contributed by atoms with Gasteiger partial charge in [0.15, 0.2) is 0 Å². The van der Waals surface area contributed by atoms with Crippen molar-refractivity contribution in [1.82, 2.24) is 14.9 Å². The molecule has 178 valence electrons. The Hall–Kier alpha value is -3.14. The van der Waals surface area contributed by atoms with E-state index in [2.05, 4.69) is 20.9 Å². The molecular formula is C27H33N5O2. The molecule has 1 aromatic carbocycles. The monoisotopic (exact) mass is 459 g/mol. The Bertz CT molecular complexity index is 1050. The molecule has 34 heavy (non-hydrogen) atoms. The number of benzene rings is 1. The van der Waals surface area contributed by atoms with E-state index in [0.29, 0.717) is 18.6 Å². The molecule has 2 aromatic rings. The molecule has 7 nitrogen and oxygen atoms in total. The average Bonchev–Trinajstić information content (AvgIpc) is 3.59. The van der Waals surface area contributed by atoms with Crippen molar-refractivity contribution < 1.29 is 9.53 Å². The molecular weight excluding hydrogens is 426 g/mol. The predicted molar refractivity (Wildman–Crippen MR) is 129 cm³/mol. The van der Waals surface area contributed by atoms with Crippen LogP contribution in [0.2, 0.25) is 0 Å². The highest BCUT2D eigenvalue weighted by molar-refractivity contribution is 5.80. The van der Waals surface area contributed by atoms with Gasteiger partial charge in [-0.05, 0) is 80.0 Å². The van der Waals surface area contributed by atoms with Crippen LogP contribution >= 0.6 is 0 Å². The van der Waals surface area contributed by atoms with Crippen molar-refractivity contribution in [3.05, 3.63) is 47.3 Å². The maximum atomic E-state index is 12.2. The van der Waals surface area contributed by atoms with Crippen LogP contribution in [0.4, 0.5) is 5.95 Å². The number of piperidine rings is 1. The van der Waals surface area contributed by atoms with E-state index in [1.165, 1.54) is 19.3 Å². The van der Waals surface area contributed by atoms with E-state index in [1.54, 1.807) is 6.07 Å². The van der Waals surface area contributed by atoms with Crippen LogP contribution in [0.25, 0.3) is 0 Å². The molecule has 3 heterocycles. The van der Waals surface area contributed by atoms with Crippen molar-refractivity contribution in [2.24, 2.45) is 17.8 Å². The average molecular weight is 460 g/mol. The first-order valence-corrected chi connectivity index (χ1v) is 12.6. The lowest BCUT2D eigenvalue weighted by atomic mass is 9.90. The summed E-state index contributed by atoms with van der Waals surface area (Å²) in [5.74, 6) is 4.04. The molecule has 2 saturated heterocycles. The molecule has 1 aromatic heterocycles. The van der Waals surface area contributed by atoms with E-state index >= 15 is 0 Å². The van der Waals surface area contributed by atoms with Gasteiger partial charge in [-0.15, -0.1) is 0 Å². The summed E-state index contributed by atoms with van der Waals surface area (Å²) in [5.41, 5.74) is 2.43. The minimum Gasteiger partial charge on any atom is -0.494 e. The van der Waals surface area contributed by atoms with Gasteiger partial charge in [0.1, 0.15) is 5.75 Å². The first-order chi connectivity index (χ1) is 16.6. The summed E-state index contributed by atoms with van der Waals surface area (Å²) < 4.78 is 5.99. The van der Waals surface area contributed by atoms with Gasteiger partial charge in [0.2, 0.25) is 11.9 Å². The lowest BCUT2D eigenvalue weighted by Crippen LogP contribution is -2.42. The third-order valence-corrected chi connectivity index (χ3v) is 7.68.